The number of hydrogen-bond donors (Lipinski definition) is 1. The lowest BCUT2D eigenvalue weighted by Crippen LogP contribution is -2.18. The first-order chi connectivity index (χ1) is 8.39. The number of halogens is 4. The zero-order chi connectivity index (χ0) is 13.3. The summed E-state index contributed by atoms with van der Waals surface area (Å²) in [4.78, 5) is 0.561. The number of rotatable bonds is 2. The fourth-order valence-corrected chi connectivity index (χ4v) is 2.42. The first-order valence-corrected chi connectivity index (χ1v) is 5.93. The molecular formula is C12H9F4NS. The first kappa shape index (κ1) is 13.0. The lowest BCUT2D eigenvalue weighted by Gasteiger charge is -2.17. The molecule has 0 fully saturated rings. The van der Waals surface area contributed by atoms with Gasteiger partial charge >= 0.3 is 6.18 Å². The average molecular weight is 275 g/mol. The van der Waals surface area contributed by atoms with Crippen molar-refractivity contribution < 1.29 is 17.6 Å². The molecule has 1 aromatic heterocycles. The Labute approximate surface area is 105 Å². The van der Waals surface area contributed by atoms with E-state index in [9.17, 15) is 17.6 Å². The standard InChI is InChI=1S/C12H9F4NS/c13-7-3-4-9(12(14,15)16)8(6-7)11(17)10-2-1-5-18-10/h1-6,11H,17H2/t11-/m0/s1. The summed E-state index contributed by atoms with van der Waals surface area (Å²) in [7, 11) is 0. The van der Waals surface area contributed by atoms with E-state index < -0.39 is 23.6 Å². The number of alkyl halides is 3. The third-order valence-corrected chi connectivity index (χ3v) is 3.46. The highest BCUT2D eigenvalue weighted by atomic mass is 32.1. The van der Waals surface area contributed by atoms with Crippen LogP contribution in [0.25, 0.3) is 0 Å². The summed E-state index contributed by atoms with van der Waals surface area (Å²) in [6.45, 7) is 0. The lowest BCUT2D eigenvalue weighted by molar-refractivity contribution is -0.138. The van der Waals surface area contributed by atoms with E-state index in [1.807, 2.05) is 0 Å². The van der Waals surface area contributed by atoms with Crippen LogP contribution in [0.2, 0.25) is 0 Å². The van der Waals surface area contributed by atoms with E-state index in [-0.39, 0.29) is 5.56 Å². The predicted molar refractivity (Wildman–Crippen MR) is 61.8 cm³/mol. The van der Waals surface area contributed by atoms with Crippen molar-refractivity contribution in [3.05, 3.63) is 57.5 Å². The highest BCUT2D eigenvalue weighted by molar-refractivity contribution is 7.10. The number of hydrogen-bond acceptors (Lipinski definition) is 2. The molecule has 0 bridgehead atoms. The maximum absolute atomic E-state index is 13.1. The fourth-order valence-electron chi connectivity index (χ4n) is 1.67. The van der Waals surface area contributed by atoms with E-state index >= 15 is 0 Å². The van der Waals surface area contributed by atoms with Crippen LogP contribution in [-0.4, -0.2) is 0 Å². The van der Waals surface area contributed by atoms with Crippen LogP contribution in [0.5, 0.6) is 0 Å². The molecule has 2 aromatic rings. The van der Waals surface area contributed by atoms with Gasteiger partial charge in [0, 0.05) is 4.88 Å². The minimum atomic E-state index is -4.54. The molecule has 0 saturated heterocycles. The Kier molecular flexibility index (Phi) is 3.41. The molecule has 0 saturated carbocycles. The SMILES string of the molecule is N[C@H](c1cccs1)c1cc(F)ccc1C(F)(F)F. The molecule has 1 nitrogen and oxygen atoms in total. The average Bonchev–Trinajstić information content (AvgIpc) is 2.79. The van der Waals surface area contributed by atoms with Crippen molar-refractivity contribution in [2.45, 2.75) is 12.2 Å². The van der Waals surface area contributed by atoms with Crippen molar-refractivity contribution in [2.24, 2.45) is 5.73 Å². The first-order valence-electron chi connectivity index (χ1n) is 5.05. The summed E-state index contributed by atoms with van der Waals surface area (Å²) >= 11 is 1.24. The topological polar surface area (TPSA) is 26.0 Å². The minimum Gasteiger partial charge on any atom is -0.320 e. The van der Waals surface area contributed by atoms with Gasteiger partial charge in [-0.15, -0.1) is 11.3 Å². The molecule has 0 aliphatic carbocycles. The molecule has 2 rings (SSSR count). The Morgan fingerprint density at radius 3 is 2.44 bits per heavy atom. The summed E-state index contributed by atoms with van der Waals surface area (Å²) in [6, 6.07) is 4.68. The smallest absolute Gasteiger partial charge is 0.320 e. The summed E-state index contributed by atoms with van der Waals surface area (Å²) in [5, 5.41) is 1.71. The Bertz CT molecular complexity index is 534. The molecule has 18 heavy (non-hydrogen) atoms. The van der Waals surface area contributed by atoms with Crippen molar-refractivity contribution in [1.29, 1.82) is 0 Å². The van der Waals surface area contributed by atoms with Gasteiger partial charge in [0.1, 0.15) is 5.82 Å². The van der Waals surface area contributed by atoms with E-state index in [2.05, 4.69) is 0 Å². The van der Waals surface area contributed by atoms with Crippen molar-refractivity contribution in [1.82, 2.24) is 0 Å². The third kappa shape index (κ3) is 2.54. The zero-order valence-corrected chi connectivity index (χ0v) is 9.86. The van der Waals surface area contributed by atoms with Crippen LogP contribution in [0.1, 0.15) is 22.0 Å². The van der Waals surface area contributed by atoms with Gasteiger partial charge < -0.3 is 5.73 Å². The molecule has 0 unspecified atom stereocenters. The number of benzene rings is 1. The van der Waals surface area contributed by atoms with Gasteiger partial charge in [-0.2, -0.15) is 13.2 Å². The van der Waals surface area contributed by atoms with Gasteiger partial charge in [0.2, 0.25) is 0 Å². The van der Waals surface area contributed by atoms with E-state index in [1.54, 1.807) is 17.5 Å². The molecular weight excluding hydrogens is 266 g/mol. The van der Waals surface area contributed by atoms with E-state index in [4.69, 9.17) is 5.73 Å². The second kappa shape index (κ2) is 4.70. The second-order valence-corrected chi connectivity index (χ2v) is 4.70. The van der Waals surface area contributed by atoms with E-state index in [0.29, 0.717) is 4.88 Å². The summed E-state index contributed by atoms with van der Waals surface area (Å²) in [6.07, 6.45) is -4.54. The van der Waals surface area contributed by atoms with Crippen molar-refractivity contribution in [3.63, 3.8) is 0 Å². The molecule has 0 spiro atoms. The molecule has 0 aliphatic rings. The van der Waals surface area contributed by atoms with Crippen LogP contribution in [0.15, 0.2) is 35.7 Å². The maximum Gasteiger partial charge on any atom is 0.416 e. The van der Waals surface area contributed by atoms with Crippen LogP contribution >= 0.6 is 11.3 Å². The summed E-state index contributed by atoms with van der Waals surface area (Å²) < 4.78 is 51.5. The monoisotopic (exact) mass is 275 g/mol. The quantitative estimate of drug-likeness (QED) is 0.825. The molecule has 0 amide bonds. The Balaban J connectivity index is 2.52. The van der Waals surface area contributed by atoms with Gasteiger partial charge in [-0.05, 0) is 35.2 Å². The van der Waals surface area contributed by atoms with Gasteiger partial charge in [0.25, 0.3) is 0 Å². The Morgan fingerprint density at radius 2 is 1.89 bits per heavy atom. The summed E-state index contributed by atoms with van der Waals surface area (Å²) in [5.74, 6) is -0.731. The highest BCUT2D eigenvalue weighted by Gasteiger charge is 2.35. The fraction of sp³-hybridized carbons (Fsp3) is 0.167. The van der Waals surface area contributed by atoms with Crippen molar-refractivity contribution in [3.8, 4) is 0 Å². The zero-order valence-electron chi connectivity index (χ0n) is 9.04. The van der Waals surface area contributed by atoms with Crippen LogP contribution in [0, 0.1) is 5.82 Å². The van der Waals surface area contributed by atoms with Gasteiger partial charge in [0.15, 0.2) is 0 Å². The highest BCUT2D eigenvalue weighted by Crippen LogP contribution is 2.36. The lowest BCUT2D eigenvalue weighted by atomic mass is 9.99. The molecule has 2 N–H and O–H groups in total. The maximum atomic E-state index is 13.1. The van der Waals surface area contributed by atoms with Gasteiger partial charge in [-0.3, -0.25) is 0 Å². The molecule has 6 heteroatoms. The van der Waals surface area contributed by atoms with Gasteiger partial charge in [-0.1, -0.05) is 6.07 Å². The molecule has 1 heterocycles. The number of nitrogens with two attached hydrogens (primary N) is 1. The van der Waals surface area contributed by atoms with E-state index in [1.165, 1.54) is 11.3 Å². The van der Waals surface area contributed by atoms with Gasteiger partial charge in [0.05, 0.1) is 11.6 Å². The third-order valence-electron chi connectivity index (χ3n) is 2.50. The number of thiophene rings is 1. The van der Waals surface area contributed by atoms with Crippen LogP contribution in [-0.2, 0) is 6.18 Å². The molecule has 96 valence electrons. The molecule has 0 aliphatic heterocycles. The van der Waals surface area contributed by atoms with Crippen LogP contribution in [0.4, 0.5) is 17.6 Å². The Morgan fingerprint density at radius 1 is 1.17 bits per heavy atom. The van der Waals surface area contributed by atoms with Crippen molar-refractivity contribution >= 4 is 11.3 Å². The van der Waals surface area contributed by atoms with Crippen LogP contribution < -0.4 is 5.73 Å². The molecule has 1 aromatic carbocycles. The normalized spacial score (nSPS) is 13.6. The second-order valence-electron chi connectivity index (χ2n) is 3.72. The largest absolute Gasteiger partial charge is 0.416 e. The summed E-state index contributed by atoms with van der Waals surface area (Å²) in [5.41, 5.74) is 4.63. The predicted octanol–water partition coefficient (Wildman–Crippen LogP) is 3.95. The Hall–Kier alpha value is -1.40. The molecule has 1 atom stereocenters. The van der Waals surface area contributed by atoms with Gasteiger partial charge in [-0.25, -0.2) is 4.39 Å². The van der Waals surface area contributed by atoms with Crippen molar-refractivity contribution in [2.75, 3.05) is 0 Å². The minimum absolute atomic E-state index is 0.245. The molecule has 0 radical (unpaired) electrons. The van der Waals surface area contributed by atoms with E-state index in [0.717, 1.165) is 18.2 Å². The van der Waals surface area contributed by atoms with Crippen LogP contribution in [0.3, 0.4) is 0 Å².